The van der Waals surface area contributed by atoms with Gasteiger partial charge in [0.2, 0.25) is 0 Å². The summed E-state index contributed by atoms with van der Waals surface area (Å²) in [5.74, 6) is 3.16. The van der Waals surface area contributed by atoms with Crippen molar-refractivity contribution in [2.24, 2.45) is 0 Å². The average molecular weight is 655 g/mol. The van der Waals surface area contributed by atoms with Crippen LogP contribution in [0.3, 0.4) is 0 Å². The average Bonchev–Trinajstić information content (AvgIpc) is 3.52. The van der Waals surface area contributed by atoms with Crippen LogP contribution in [-0.4, -0.2) is 19.5 Å². The molecule has 9 rings (SSSR count). The molecule has 0 bridgehead atoms. The molecule has 0 radical (unpaired) electrons. The molecule has 0 spiro atoms. The molecule has 2 fully saturated rings. The van der Waals surface area contributed by atoms with Crippen molar-refractivity contribution in [3.8, 4) is 40.2 Å². The monoisotopic (exact) mass is 654 g/mol. The van der Waals surface area contributed by atoms with Crippen LogP contribution in [0.2, 0.25) is 0 Å². The van der Waals surface area contributed by atoms with Gasteiger partial charge >= 0.3 is 6.01 Å². The molecule has 2 aliphatic rings. The largest absolute Gasteiger partial charge is 0.424 e. The van der Waals surface area contributed by atoms with E-state index in [1.54, 1.807) is 0 Å². The summed E-state index contributed by atoms with van der Waals surface area (Å²) in [6.45, 7) is 0. The van der Waals surface area contributed by atoms with Crippen molar-refractivity contribution in [2.45, 2.75) is 76.0 Å². The molecule has 5 aromatic carbocycles. The van der Waals surface area contributed by atoms with E-state index in [1.165, 1.54) is 97.1 Å². The normalized spacial score (nSPS) is 15.8. The summed E-state index contributed by atoms with van der Waals surface area (Å²) in [5.41, 5.74) is 8.33. The molecule has 50 heavy (non-hydrogen) atoms. The van der Waals surface area contributed by atoms with Crippen LogP contribution in [0.15, 0.2) is 121 Å². The van der Waals surface area contributed by atoms with E-state index in [4.69, 9.17) is 19.7 Å². The molecular formula is C45H42N4O. The number of aromatic nitrogens is 4. The maximum absolute atomic E-state index is 6.49. The lowest BCUT2D eigenvalue weighted by Crippen LogP contribution is -2.04. The van der Waals surface area contributed by atoms with E-state index in [2.05, 4.69) is 59.2 Å². The van der Waals surface area contributed by atoms with E-state index >= 15 is 0 Å². The highest BCUT2D eigenvalue weighted by Crippen LogP contribution is 2.41. The molecule has 0 amide bonds. The van der Waals surface area contributed by atoms with Gasteiger partial charge in [-0.3, -0.25) is 0 Å². The molecule has 5 nitrogen and oxygen atoms in total. The lowest BCUT2D eigenvalue weighted by Gasteiger charge is -2.22. The first-order valence-corrected chi connectivity index (χ1v) is 18.5. The molecule has 0 saturated heterocycles. The van der Waals surface area contributed by atoms with Gasteiger partial charge < -0.3 is 9.30 Å². The third-order valence-corrected chi connectivity index (χ3v) is 10.9. The number of ether oxygens (including phenoxy) is 1. The molecule has 2 aliphatic carbocycles. The summed E-state index contributed by atoms with van der Waals surface area (Å²) in [5, 5.41) is 2.70. The second-order valence-corrected chi connectivity index (χ2v) is 14.2. The van der Waals surface area contributed by atoms with Crippen molar-refractivity contribution < 1.29 is 4.74 Å². The first-order valence-electron chi connectivity index (χ1n) is 18.5. The minimum atomic E-state index is 0.270. The van der Waals surface area contributed by atoms with Crippen molar-refractivity contribution in [1.29, 1.82) is 0 Å². The maximum Gasteiger partial charge on any atom is 0.326 e. The molecular weight excluding hydrogens is 613 g/mol. The Morgan fingerprint density at radius 3 is 1.52 bits per heavy atom. The highest BCUT2D eigenvalue weighted by Gasteiger charge is 2.22. The summed E-state index contributed by atoms with van der Waals surface area (Å²) in [6, 6.07) is 43.1. The Morgan fingerprint density at radius 2 is 1.00 bits per heavy atom. The summed E-state index contributed by atoms with van der Waals surface area (Å²) in [4.78, 5) is 14.4. The van der Waals surface area contributed by atoms with E-state index in [0.717, 1.165) is 16.8 Å². The van der Waals surface area contributed by atoms with Gasteiger partial charge in [0.15, 0.2) is 11.6 Å². The molecule has 7 aromatic rings. The van der Waals surface area contributed by atoms with Gasteiger partial charge in [0, 0.05) is 33.7 Å². The quantitative estimate of drug-likeness (QED) is 0.172. The lowest BCUT2D eigenvalue weighted by molar-refractivity contribution is 0.441. The first kappa shape index (κ1) is 30.7. The van der Waals surface area contributed by atoms with E-state index in [0.29, 0.717) is 29.2 Å². The minimum Gasteiger partial charge on any atom is -0.424 e. The van der Waals surface area contributed by atoms with Crippen molar-refractivity contribution in [1.82, 2.24) is 19.5 Å². The highest BCUT2D eigenvalue weighted by molar-refractivity contribution is 6.09. The molecule has 0 unspecified atom stereocenters. The highest BCUT2D eigenvalue weighted by atomic mass is 16.5. The Bertz CT molecular complexity index is 2130. The third-order valence-electron chi connectivity index (χ3n) is 10.9. The summed E-state index contributed by atoms with van der Waals surface area (Å²) < 4.78 is 8.89. The number of rotatable bonds is 7. The number of hydrogen-bond acceptors (Lipinski definition) is 4. The standard InChI is InChI=1S/C45H42N4O/c1-5-14-31(15-6-1)35-24-26-41-39(28-35)40-29-36(32-16-7-2-8-17-32)25-27-42(40)49(41)37-22-13-23-38(30-37)50-45-47-43(33-18-9-3-10-19-33)46-44(48-45)34-20-11-4-12-21-34/h3-4,9-13,18-32H,1-2,5-8,14-17H2. The predicted octanol–water partition coefficient (Wildman–Crippen LogP) is 12.2. The predicted molar refractivity (Wildman–Crippen MR) is 203 cm³/mol. The minimum absolute atomic E-state index is 0.270. The zero-order chi connectivity index (χ0) is 33.3. The SMILES string of the molecule is c1ccc(-c2nc(Oc3cccc(-n4c5ccc(C6CCCCC6)cc5c5cc(C6CCCCC6)ccc54)c3)nc(-c3ccccc3)n2)cc1. The van der Waals surface area contributed by atoms with E-state index in [9.17, 15) is 0 Å². The molecule has 2 saturated carbocycles. The second-order valence-electron chi connectivity index (χ2n) is 14.2. The molecule has 248 valence electrons. The van der Waals surface area contributed by atoms with Gasteiger partial charge in [-0.2, -0.15) is 9.97 Å². The Balaban J connectivity index is 1.14. The van der Waals surface area contributed by atoms with Crippen LogP contribution in [0, 0.1) is 0 Å². The lowest BCUT2D eigenvalue weighted by atomic mass is 9.83. The number of benzene rings is 5. The van der Waals surface area contributed by atoms with E-state index in [-0.39, 0.29) is 6.01 Å². The fourth-order valence-electron chi connectivity index (χ4n) is 8.34. The van der Waals surface area contributed by atoms with Crippen LogP contribution >= 0.6 is 0 Å². The molecule has 0 aliphatic heterocycles. The number of hydrogen-bond donors (Lipinski definition) is 0. The van der Waals surface area contributed by atoms with Crippen LogP contribution in [0.5, 0.6) is 11.8 Å². The van der Waals surface area contributed by atoms with Crippen LogP contribution in [0.1, 0.15) is 87.2 Å². The van der Waals surface area contributed by atoms with E-state index < -0.39 is 0 Å². The van der Waals surface area contributed by atoms with Crippen LogP contribution in [0.25, 0.3) is 50.3 Å². The zero-order valence-electron chi connectivity index (χ0n) is 28.5. The Morgan fingerprint density at radius 1 is 0.480 bits per heavy atom. The number of fused-ring (bicyclic) bond motifs is 3. The molecule has 2 heterocycles. The Labute approximate surface area is 294 Å². The summed E-state index contributed by atoms with van der Waals surface area (Å²) in [7, 11) is 0. The van der Waals surface area contributed by atoms with Gasteiger partial charge in [0.05, 0.1) is 11.0 Å². The van der Waals surface area contributed by atoms with Gasteiger partial charge in [-0.1, -0.05) is 117 Å². The van der Waals surface area contributed by atoms with Crippen molar-refractivity contribution in [3.63, 3.8) is 0 Å². The van der Waals surface area contributed by atoms with Crippen molar-refractivity contribution in [2.75, 3.05) is 0 Å². The second kappa shape index (κ2) is 13.5. The van der Waals surface area contributed by atoms with Gasteiger partial charge in [-0.15, -0.1) is 0 Å². The van der Waals surface area contributed by atoms with Gasteiger partial charge in [-0.05, 0) is 85.0 Å². The Hall–Kier alpha value is -5.29. The zero-order valence-corrected chi connectivity index (χ0v) is 28.5. The molecule has 2 aromatic heterocycles. The van der Waals surface area contributed by atoms with Crippen molar-refractivity contribution in [3.05, 3.63) is 132 Å². The fourth-order valence-corrected chi connectivity index (χ4v) is 8.34. The number of nitrogens with zero attached hydrogens (tertiary/aromatic N) is 4. The van der Waals surface area contributed by atoms with Crippen LogP contribution < -0.4 is 4.74 Å². The van der Waals surface area contributed by atoms with Gasteiger partial charge in [0.1, 0.15) is 5.75 Å². The van der Waals surface area contributed by atoms with E-state index in [1.807, 2.05) is 66.7 Å². The summed E-state index contributed by atoms with van der Waals surface area (Å²) >= 11 is 0. The first-order chi connectivity index (χ1) is 24.8. The molecule has 5 heteroatoms. The fraction of sp³-hybridized carbons (Fsp3) is 0.267. The summed E-state index contributed by atoms with van der Waals surface area (Å²) in [6.07, 6.45) is 13.3. The van der Waals surface area contributed by atoms with Crippen LogP contribution in [0.4, 0.5) is 0 Å². The maximum atomic E-state index is 6.49. The van der Waals surface area contributed by atoms with Gasteiger partial charge in [-0.25, -0.2) is 4.98 Å². The Kier molecular flexibility index (Phi) is 8.33. The third kappa shape index (κ3) is 6.06. The van der Waals surface area contributed by atoms with Crippen LogP contribution in [-0.2, 0) is 0 Å². The smallest absolute Gasteiger partial charge is 0.326 e. The molecule has 0 N–H and O–H groups in total. The van der Waals surface area contributed by atoms with Crippen molar-refractivity contribution >= 4 is 21.8 Å². The molecule has 0 atom stereocenters. The van der Waals surface area contributed by atoms with Gasteiger partial charge in [0.25, 0.3) is 0 Å². The topological polar surface area (TPSA) is 52.8 Å².